The van der Waals surface area contributed by atoms with Crippen molar-refractivity contribution in [2.24, 2.45) is 0 Å². The molecule has 1 atom stereocenters. The Bertz CT molecular complexity index is 405. The summed E-state index contributed by atoms with van der Waals surface area (Å²) in [6.45, 7) is 5.60. The van der Waals surface area contributed by atoms with Crippen LogP contribution >= 0.6 is 11.3 Å². The third-order valence-electron chi connectivity index (χ3n) is 4.00. The minimum absolute atomic E-state index is 0.462. The zero-order valence-electron chi connectivity index (χ0n) is 12.4. The van der Waals surface area contributed by atoms with Crippen molar-refractivity contribution in [3.63, 3.8) is 0 Å². The van der Waals surface area contributed by atoms with Gasteiger partial charge in [-0.2, -0.15) is 11.3 Å². The highest BCUT2D eigenvalue weighted by Crippen LogP contribution is 2.32. The molecule has 0 spiro atoms. The number of allylic oxidation sites excluding steroid dienone is 1. The second-order valence-corrected chi connectivity index (χ2v) is 6.37. The maximum absolute atomic E-state index is 3.77. The molecular weight excluding hydrogens is 250 g/mol. The van der Waals surface area contributed by atoms with Gasteiger partial charge in [0.15, 0.2) is 0 Å². The summed E-state index contributed by atoms with van der Waals surface area (Å²) in [6.07, 6.45) is 11.8. The van der Waals surface area contributed by atoms with E-state index in [1.165, 1.54) is 56.1 Å². The van der Waals surface area contributed by atoms with Crippen molar-refractivity contribution >= 4 is 11.3 Å². The number of aryl methyl sites for hydroxylation is 1. The first kappa shape index (κ1) is 14.8. The van der Waals surface area contributed by atoms with E-state index in [4.69, 9.17) is 0 Å². The zero-order chi connectivity index (χ0) is 13.5. The Kier molecular flexibility index (Phi) is 6.12. The standard InChI is InChI=1S/C17H27NS/c1-3-11-18-17(16-13-19-12-14(16)2)15-9-7-5-4-6-8-10-15/h9,12-13,17-18H,3-8,10-11H2,1-2H3/b15-9+. The highest BCUT2D eigenvalue weighted by molar-refractivity contribution is 7.08. The van der Waals surface area contributed by atoms with Crippen LogP contribution in [0.4, 0.5) is 0 Å². The van der Waals surface area contributed by atoms with Gasteiger partial charge in [-0.15, -0.1) is 0 Å². The van der Waals surface area contributed by atoms with Crippen LogP contribution in [-0.4, -0.2) is 6.54 Å². The van der Waals surface area contributed by atoms with Crippen molar-refractivity contribution in [3.05, 3.63) is 33.5 Å². The Morgan fingerprint density at radius 2 is 2.05 bits per heavy atom. The van der Waals surface area contributed by atoms with Crippen molar-refractivity contribution in [1.29, 1.82) is 0 Å². The fourth-order valence-electron chi connectivity index (χ4n) is 2.87. The molecule has 1 nitrogen and oxygen atoms in total. The number of hydrogen-bond acceptors (Lipinski definition) is 2. The van der Waals surface area contributed by atoms with Crippen LogP contribution in [0.1, 0.15) is 69.0 Å². The molecule has 0 amide bonds. The van der Waals surface area contributed by atoms with Crippen LogP contribution in [-0.2, 0) is 0 Å². The van der Waals surface area contributed by atoms with Crippen LogP contribution in [0.3, 0.4) is 0 Å². The molecule has 1 aliphatic rings. The highest BCUT2D eigenvalue weighted by Gasteiger charge is 2.18. The molecule has 1 unspecified atom stereocenters. The maximum Gasteiger partial charge on any atom is 0.0546 e. The van der Waals surface area contributed by atoms with Gasteiger partial charge in [0.2, 0.25) is 0 Å². The number of nitrogens with one attached hydrogen (secondary N) is 1. The summed E-state index contributed by atoms with van der Waals surface area (Å²) < 4.78 is 0. The monoisotopic (exact) mass is 277 g/mol. The van der Waals surface area contributed by atoms with Gasteiger partial charge >= 0.3 is 0 Å². The second-order valence-electron chi connectivity index (χ2n) is 5.63. The summed E-state index contributed by atoms with van der Waals surface area (Å²) in [5.41, 5.74) is 4.58. The van der Waals surface area contributed by atoms with E-state index in [-0.39, 0.29) is 0 Å². The van der Waals surface area contributed by atoms with Gasteiger partial charge in [-0.3, -0.25) is 0 Å². The van der Waals surface area contributed by atoms with Gasteiger partial charge in [-0.1, -0.05) is 31.4 Å². The molecule has 0 saturated heterocycles. The molecule has 1 aliphatic carbocycles. The molecule has 19 heavy (non-hydrogen) atoms. The summed E-state index contributed by atoms with van der Waals surface area (Å²) >= 11 is 1.83. The van der Waals surface area contributed by atoms with Gasteiger partial charge in [-0.25, -0.2) is 0 Å². The van der Waals surface area contributed by atoms with Crippen LogP contribution in [0.2, 0.25) is 0 Å². The number of thiophene rings is 1. The van der Waals surface area contributed by atoms with Gasteiger partial charge in [0, 0.05) is 0 Å². The molecule has 0 radical (unpaired) electrons. The van der Waals surface area contributed by atoms with Gasteiger partial charge in [0.05, 0.1) is 6.04 Å². The average molecular weight is 277 g/mol. The minimum atomic E-state index is 0.462. The largest absolute Gasteiger partial charge is 0.307 e. The molecular formula is C17H27NS. The van der Waals surface area contributed by atoms with Gasteiger partial charge < -0.3 is 5.32 Å². The predicted molar refractivity (Wildman–Crippen MR) is 85.9 cm³/mol. The molecule has 106 valence electrons. The summed E-state index contributed by atoms with van der Waals surface area (Å²) in [6, 6.07) is 0.462. The van der Waals surface area contributed by atoms with Crippen molar-refractivity contribution in [1.82, 2.24) is 5.32 Å². The minimum Gasteiger partial charge on any atom is -0.307 e. The quantitative estimate of drug-likeness (QED) is 0.713. The number of hydrogen-bond donors (Lipinski definition) is 1. The Morgan fingerprint density at radius 3 is 2.79 bits per heavy atom. The van der Waals surface area contributed by atoms with E-state index >= 15 is 0 Å². The fraction of sp³-hybridized carbons (Fsp3) is 0.647. The van der Waals surface area contributed by atoms with Crippen molar-refractivity contribution < 1.29 is 0 Å². The molecule has 1 heterocycles. The Morgan fingerprint density at radius 1 is 1.21 bits per heavy atom. The van der Waals surface area contributed by atoms with Crippen molar-refractivity contribution in [2.45, 2.75) is 64.8 Å². The van der Waals surface area contributed by atoms with E-state index in [0.717, 1.165) is 6.54 Å². The normalized spacial score (nSPS) is 21.3. The molecule has 2 heteroatoms. The van der Waals surface area contributed by atoms with E-state index in [9.17, 15) is 0 Å². The topological polar surface area (TPSA) is 12.0 Å². The third kappa shape index (κ3) is 4.19. The molecule has 0 saturated carbocycles. The lowest BCUT2D eigenvalue weighted by Crippen LogP contribution is -2.24. The van der Waals surface area contributed by atoms with Crippen LogP contribution in [0.5, 0.6) is 0 Å². The highest BCUT2D eigenvalue weighted by atomic mass is 32.1. The van der Waals surface area contributed by atoms with Crippen LogP contribution < -0.4 is 5.32 Å². The van der Waals surface area contributed by atoms with Crippen LogP contribution in [0, 0.1) is 6.92 Å². The third-order valence-corrected chi connectivity index (χ3v) is 4.88. The summed E-state index contributed by atoms with van der Waals surface area (Å²) in [4.78, 5) is 0. The molecule has 2 rings (SSSR count). The first-order valence-corrected chi connectivity index (χ1v) is 8.72. The van der Waals surface area contributed by atoms with Gasteiger partial charge in [0.1, 0.15) is 0 Å². The van der Waals surface area contributed by atoms with Crippen molar-refractivity contribution in [2.75, 3.05) is 6.54 Å². The Balaban J connectivity index is 2.18. The van der Waals surface area contributed by atoms with E-state index in [1.807, 2.05) is 11.3 Å². The summed E-state index contributed by atoms with van der Waals surface area (Å²) in [5.74, 6) is 0. The van der Waals surface area contributed by atoms with E-state index in [0.29, 0.717) is 6.04 Å². The van der Waals surface area contributed by atoms with Gasteiger partial charge in [0.25, 0.3) is 0 Å². The Labute approximate surface area is 122 Å². The average Bonchev–Trinajstić information content (AvgIpc) is 2.78. The first-order chi connectivity index (χ1) is 9.33. The molecule has 1 aromatic rings. The van der Waals surface area contributed by atoms with Crippen molar-refractivity contribution in [3.8, 4) is 0 Å². The maximum atomic E-state index is 3.77. The molecule has 1 N–H and O–H groups in total. The smallest absolute Gasteiger partial charge is 0.0546 e. The molecule has 0 aliphatic heterocycles. The molecule has 0 bridgehead atoms. The lowest BCUT2D eigenvalue weighted by Gasteiger charge is -2.24. The lowest BCUT2D eigenvalue weighted by atomic mass is 9.90. The zero-order valence-corrected chi connectivity index (χ0v) is 13.2. The molecule has 0 fully saturated rings. The molecule has 1 aromatic heterocycles. The molecule has 0 aromatic carbocycles. The lowest BCUT2D eigenvalue weighted by molar-refractivity contribution is 0.540. The Hall–Kier alpha value is -0.600. The SMILES string of the molecule is CCCNC(/C1=C/CCCCCC1)c1cscc1C. The predicted octanol–water partition coefficient (Wildman–Crippen LogP) is 5.38. The number of rotatable bonds is 5. The van der Waals surface area contributed by atoms with E-state index in [2.05, 4.69) is 36.0 Å². The fourth-order valence-corrected chi connectivity index (χ4v) is 3.75. The summed E-state index contributed by atoms with van der Waals surface area (Å²) in [7, 11) is 0. The van der Waals surface area contributed by atoms with Crippen LogP contribution in [0.25, 0.3) is 0 Å². The first-order valence-electron chi connectivity index (χ1n) is 7.78. The summed E-state index contributed by atoms with van der Waals surface area (Å²) in [5, 5.41) is 8.38. The van der Waals surface area contributed by atoms with Crippen LogP contribution in [0.15, 0.2) is 22.4 Å². The van der Waals surface area contributed by atoms with E-state index < -0.39 is 0 Å². The second kappa shape index (κ2) is 7.86. The van der Waals surface area contributed by atoms with E-state index in [1.54, 1.807) is 5.57 Å². The van der Waals surface area contributed by atoms with Gasteiger partial charge in [-0.05, 0) is 67.5 Å².